The Balaban J connectivity index is 2.13. The molecule has 1 N–H and O–H groups in total. The van der Waals surface area contributed by atoms with Gasteiger partial charge in [0.15, 0.2) is 0 Å². The highest BCUT2D eigenvalue weighted by Gasteiger charge is 2.01. The molecule has 2 aromatic rings. The van der Waals surface area contributed by atoms with Gasteiger partial charge >= 0.3 is 0 Å². The van der Waals surface area contributed by atoms with Crippen molar-refractivity contribution < 1.29 is 5.11 Å². The van der Waals surface area contributed by atoms with E-state index in [-0.39, 0.29) is 6.61 Å². The summed E-state index contributed by atoms with van der Waals surface area (Å²) in [5.41, 5.74) is 4.31. The lowest BCUT2D eigenvalue weighted by molar-refractivity contribution is 0.350. The van der Waals surface area contributed by atoms with Gasteiger partial charge in [-0.05, 0) is 37.6 Å². The van der Waals surface area contributed by atoms with E-state index in [1.54, 1.807) is 0 Å². The maximum absolute atomic E-state index is 8.62. The van der Waals surface area contributed by atoms with Crippen LogP contribution in [0.25, 0.3) is 0 Å². The Morgan fingerprint density at radius 3 is 2.50 bits per heavy atom. The minimum atomic E-state index is -0.104. The topological polar surface area (TPSA) is 38.0 Å². The van der Waals surface area contributed by atoms with E-state index in [0.717, 1.165) is 23.5 Å². The molecule has 18 heavy (non-hydrogen) atoms. The van der Waals surface area contributed by atoms with Crippen LogP contribution in [-0.4, -0.2) is 21.5 Å². The van der Waals surface area contributed by atoms with Crippen LogP contribution in [0.5, 0.6) is 0 Å². The SMILES string of the molecule is Cc1cc(C)n(Cc2ccc(C#CCO)cc2)n1. The molecule has 0 amide bonds. The summed E-state index contributed by atoms with van der Waals surface area (Å²) >= 11 is 0. The van der Waals surface area contributed by atoms with Crippen LogP contribution < -0.4 is 0 Å². The van der Waals surface area contributed by atoms with E-state index in [9.17, 15) is 0 Å². The molecule has 0 radical (unpaired) electrons. The number of hydrogen-bond donors (Lipinski definition) is 1. The molecule has 92 valence electrons. The van der Waals surface area contributed by atoms with Gasteiger partial charge < -0.3 is 5.11 Å². The van der Waals surface area contributed by atoms with Gasteiger partial charge in [-0.25, -0.2) is 0 Å². The van der Waals surface area contributed by atoms with E-state index in [0.29, 0.717) is 0 Å². The first-order valence-electron chi connectivity index (χ1n) is 5.89. The average molecular weight is 240 g/mol. The fourth-order valence-corrected chi connectivity index (χ4v) is 1.84. The van der Waals surface area contributed by atoms with Gasteiger partial charge in [0.25, 0.3) is 0 Å². The third-order valence-corrected chi connectivity index (χ3v) is 2.70. The largest absolute Gasteiger partial charge is 0.384 e. The van der Waals surface area contributed by atoms with E-state index in [1.807, 2.05) is 35.9 Å². The number of aryl methyl sites for hydroxylation is 2. The Kier molecular flexibility index (Phi) is 3.81. The van der Waals surface area contributed by atoms with Crippen molar-refractivity contribution in [2.75, 3.05) is 6.61 Å². The van der Waals surface area contributed by atoms with Crippen molar-refractivity contribution in [1.82, 2.24) is 9.78 Å². The van der Waals surface area contributed by atoms with Crippen molar-refractivity contribution in [1.29, 1.82) is 0 Å². The van der Waals surface area contributed by atoms with Gasteiger partial charge in [-0.15, -0.1) is 0 Å². The van der Waals surface area contributed by atoms with Crippen molar-refractivity contribution in [3.63, 3.8) is 0 Å². The van der Waals surface area contributed by atoms with Crippen molar-refractivity contribution in [3.8, 4) is 11.8 Å². The first kappa shape index (κ1) is 12.4. The van der Waals surface area contributed by atoms with Crippen LogP contribution in [-0.2, 0) is 6.54 Å². The molecule has 0 fully saturated rings. The average Bonchev–Trinajstić information content (AvgIpc) is 2.67. The minimum Gasteiger partial charge on any atom is -0.384 e. The van der Waals surface area contributed by atoms with Crippen LogP contribution in [0.1, 0.15) is 22.5 Å². The fraction of sp³-hybridized carbons (Fsp3) is 0.267. The second kappa shape index (κ2) is 5.52. The molecule has 0 saturated heterocycles. The number of aliphatic hydroxyl groups excluding tert-OH is 1. The van der Waals surface area contributed by atoms with Crippen LogP contribution in [0.2, 0.25) is 0 Å². The summed E-state index contributed by atoms with van der Waals surface area (Å²) in [6.45, 7) is 4.72. The van der Waals surface area contributed by atoms with Crippen molar-refractivity contribution >= 4 is 0 Å². The second-order valence-electron chi connectivity index (χ2n) is 4.24. The summed E-state index contributed by atoms with van der Waals surface area (Å²) in [6, 6.07) is 10.1. The summed E-state index contributed by atoms with van der Waals surface area (Å²) in [7, 11) is 0. The molecule has 1 aromatic carbocycles. The smallest absolute Gasteiger partial charge is 0.104 e. The lowest BCUT2D eigenvalue weighted by atomic mass is 10.1. The fourth-order valence-electron chi connectivity index (χ4n) is 1.84. The highest BCUT2D eigenvalue weighted by molar-refractivity contribution is 5.36. The van der Waals surface area contributed by atoms with Gasteiger partial charge in [-0.1, -0.05) is 24.0 Å². The molecule has 1 aromatic heterocycles. The summed E-state index contributed by atoms with van der Waals surface area (Å²) < 4.78 is 1.99. The molecule has 0 unspecified atom stereocenters. The third kappa shape index (κ3) is 2.99. The van der Waals surface area contributed by atoms with Crippen LogP contribution >= 0.6 is 0 Å². The number of benzene rings is 1. The Labute approximate surface area is 107 Å². The molecule has 3 heteroatoms. The molecule has 0 bridgehead atoms. The van der Waals surface area contributed by atoms with Gasteiger partial charge in [0.1, 0.15) is 6.61 Å². The zero-order valence-electron chi connectivity index (χ0n) is 10.6. The molecule has 2 rings (SSSR count). The van der Waals surface area contributed by atoms with Gasteiger partial charge in [0.05, 0.1) is 12.2 Å². The van der Waals surface area contributed by atoms with E-state index in [4.69, 9.17) is 5.11 Å². The van der Waals surface area contributed by atoms with Crippen molar-refractivity contribution in [3.05, 3.63) is 52.8 Å². The Morgan fingerprint density at radius 2 is 1.94 bits per heavy atom. The summed E-state index contributed by atoms with van der Waals surface area (Å²) in [4.78, 5) is 0. The lowest BCUT2D eigenvalue weighted by Gasteiger charge is -2.04. The van der Waals surface area contributed by atoms with Crippen LogP contribution in [0, 0.1) is 25.7 Å². The molecule has 0 spiro atoms. The monoisotopic (exact) mass is 240 g/mol. The Bertz CT molecular complexity index is 585. The van der Waals surface area contributed by atoms with Gasteiger partial charge in [0.2, 0.25) is 0 Å². The Hall–Kier alpha value is -2.05. The highest BCUT2D eigenvalue weighted by Crippen LogP contribution is 2.08. The number of hydrogen-bond acceptors (Lipinski definition) is 2. The van der Waals surface area contributed by atoms with Crippen molar-refractivity contribution in [2.24, 2.45) is 0 Å². The van der Waals surface area contributed by atoms with Gasteiger partial charge in [-0.3, -0.25) is 4.68 Å². The van der Waals surface area contributed by atoms with Gasteiger partial charge in [0, 0.05) is 11.3 Å². The molecule has 0 aliphatic heterocycles. The summed E-state index contributed by atoms with van der Waals surface area (Å²) in [6.07, 6.45) is 0. The van der Waals surface area contributed by atoms with Gasteiger partial charge in [-0.2, -0.15) is 5.10 Å². The Morgan fingerprint density at radius 1 is 1.22 bits per heavy atom. The lowest BCUT2D eigenvalue weighted by Crippen LogP contribution is -2.03. The third-order valence-electron chi connectivity index (χ3n) is 2.70. The normalized spacial score (nSPS) is 9.94. The molecular formula is C15H16N2O. The number of aliphatic hydroxyl groups is 1. The maximum atomic E-state index is 8.62. The molecule has 1 heterocycles. The molecule has 0 saturated carbocycles. The minimum absolute atomic E-state index is 0.104. The van der Waals surface area contributed by atoms with Crippen LogP contribution in [0.15, 0.2) is 30.3 Å². The second-order valence-corrected chi connectivity index (χ2v) is 4.24. The van der Waals surface area contributed by atoms with Crippen LogP contribution in [0.4, 0.5) is 0 Å². The summed E-state index contributed by atoms with van der Waals surface area (Å²) in [5, 5.41) is 13.1. The standard InChI is InChI=1S/C15H16N2O/c1-12-10-13(2)17(16-12)11-15-7-5-14(6-8-15)4-3-9-18/h5-8,10,18H,9,11H2,1-2H3. The highest BCUT2D eigenvalue weighted by atomic mass is 16.2. The molecule has 0 aliphatic carbocycles. The zero-order chi connectivity index (χ0) is 13.0. The van der Waals surface area contributed by atoms with E-state index in [1.165, 1.54) is 5.56 Å². The maximum Gasteiger partial charge on any atom is 0.104 e. The molecule has 0 atom stereocenters. The number of rotatable bonds is 2. The van der Waals surface area contributed by atoms with E-state index >= 15 is 0 Å². The number of nitrogens with zero attached hydrogens (tertiary/aromatic N) is 2. The predicted molar refractivity (Wildman–Crippen MR) is 71.2 cm³/mol. The van der Waals surface area contributed by atoms with E-state index < -0.39 is 0 Å². The summed E-state index contributed by atoms with van der Waals surface area (Å²) in [5.74, 6) is 5.51. The first-order valence-corrected chi connectivity index (χ1v) is 5.89. The zero-order valence-corrected chi connectivity index (χ0v) is 10.6. The van der Waals surface area contributed by atoms with Crippen molar-refractivity contribution in [2.45, 2.75) is 20.4 Å². The molecule has 3 nitrogen and oxygen atoms in total. The molecule has 0 aliphatic rings. The first-order chi connectivity index (χ1) is 8.69. The van der Waals surface area contributed by atoms with Crippen LogP contribution in [0.3, 0.4) is 0 Å². The number of aromatic nitrogens is 2. The predicted octanol–water partition coefficient (Wildman–Crippen LogP) is 1.89. The molecular weight excluding hydrogens is 224 g/mol. The van der Waals surface area contributed by atoms with E-state index in [2.05, 4.69) is 29.9 Å². The quantitative estimate of drug-likeness (QED) is 0.814.